The average molecular weight is 311 g/mol. The molecule has 114 valence electrons. The number of hydrogen-bond acceptors (Lipinski definition) is 2. The molecule has 1 aliphatic rings. The van der Waals surface area contributed by atoms with Crippen molar-refractivity contribution in [2.24, 2.45) is 5.41 Å². The highest BCUT2D eigenvalue weighted by molar-refractivity contribution is 6.20. The number of fused-ring (bicyclic) bond motifs is 1. The third-order valence-electron chi connectivity index (χ3n) is 4.35. The van der Waals surface area contributed by atoms with Gasteiger partial charge in [-0.3, -0.25) is 0 Å². The van der Waals surface area contributed by atoms with Crippen molar-refractivity contribution in [3.05, 3.63) is 29.8 Å². The van der Waals surface area contributed by atoms with E-state index in [0.717, 1.165) is 43.9 Å². The first-order valence-electron chi connectivity index (χ1n) is 7.37. The molecule has 1 saturated heterocycles. The van der Waals surface area contributed by atoms with Crippen molar-refractivity contribution in [1.82, 2.24) is 9.55 Å². The van der Waals surface area contributed by atoms with E-state index in [-0.39, 0.29) is 16.6 Å². The molecule has 1 aromatic carbocycles. The zero-order valence-corrected chi connectivity index (χ0v) is 13.2. The number of alkyl halides is 1. The lowest BCUT2D eigenvalue weighted by molar-refractivity contribution is 0.0157. The summed E-state index contributed by atoms with van der Waals surface area (Å²) >= 11 is 6.26. The molecule has 5 heteroatoms. The Balaban J connectivity index is 2.07. The number of imidazole rings is 1. The quantitative estimate of drug-likeness (QED) is 0.791. The highest BCUT2D eigenvalue weighted by atomic mass is 35.5. The first-order chi connectivity index (χ1) is 10.0. The predicted octanol–water partition coefficient (Wildman–Crippen LogP) is 4.29. The van der Waals surface area contributed by atoms with E-state index in [4.69, 9.17) is 16.3 Å². The molecule has 3 nitrogen and oxygen atoms in total. The molecule has 2 aromatic rings. The van der Waals surface area contributed by atoms with E-state index in [1.807, 2.05) is 13.0 Å². The fourth-order valence-corrected chi connectivity index (χ4v) is 3.17. The normalized spacial score (nSPS) is 19.8. The minimum atomic E-state index is -0.290. The maximum absolute atomic E-state index is 14.0. The van der Waals surface area contributed by atoms with Crippen LogP contribution in [0, 0.1) is 11.2 Å². The predicted molar refractivity (Wildman–Crippen MR) is 82.1 cm³/mol. The fourth-order valence-electron chi connectivity index (χ4n) is 3.00. The molecule has 1 aliphatic heterocycles. The molecule has 0 spiro atoms. The smallest absolute Gasteiger partial charge is 0.151 e. The van der Waals surface area contributed by atoms with Crippen LogP contribution >= 0.6 is 11.6 Å². The van der Waals surface area contributed by atoms with E-state index >= 15 is 0 Å². The van der Waals surface area contributed by atoms with E-state index in [0.29, 0.717) is 5.52 Å². The molecule has 0 aliphatic carbocycles. The van der Waals surface area contributed by atoms with Crippen LogP contribution in [-0.4, -0.2) is 22.8 Å². The summed E-state index contributed by atoms with van der Waals surface area (Å²) in [7, 11) is 0. The van der Waals surface area contributed by atoms with Crippen molar-refractivity contribution in [1.29, 1.82) is 0 Å². The number of halogens is 2. The third-order valence-corrected chi connectivity index (χ3v) is 4.55. The summed E-state index contributed by atoms with van der Waals surface area (Å²) in [5, 5.41) is -0.250. The summed E-state index contributed by atoms with van der Waals surface area (Å²) in [5.41, 5.74) is 1.37. The third kappa shape index (κ3) is 2.79. The van der Waals surface area contributed by atoms with Crippen molar-refractivity contribution in [3.63, 3.8) is 0 Å². The maximum atomic E-state index is 14.0. The summed E-state index contributed by atoms with van der Waals surface area (Å²) in [5.74, 6) is 0.450. The van der Waals surface area contributed by atoms with E-state index in [1.54, 1.807) is 6.07 Å². The number of rotatable bonds is 3. The lowest BCUT2D eigenvalue weighted by Crippen LogP contribution is -2.31. The van der Waals surface area contributed by atoms with Gasteiger partial charge in [0.25, 0.3) is 0 Å². The summed E-state index contributed by atoms with van der Waals surface area (Å²) in [4.78, 5) is 4.43. The summed E-state index contributed by atoms with van der Waals surface area (Å²) in [6.45, 7) is 6.49. The van der Waals surface area contributed by atoms with E-state index in [2.05, 4.69) is 16.5 Å². The van der Waals surface area contributed by atoms with Crippen LogP contribution in [0.5, 0.6) is 0 Å². The Kier molecular flexibility index (Phi) is 3.93. The van der Waals surface area contributed by atoms with Gasteiger partial charge < -0.3 is 9.30 Å². The topological polar surface area (TPSA) is 27.1 Å². The van der Waals surface area contributed by atoms with Crippen molar-refractivity contribution in [3.8, 4) is 0 Å². The molecule has 1 atom stereocenters. The van der Waals surface area contributed by atoms with E-state index in [1.165, 1.54) is 6.07 Å². The molecule has 0 bridgehead atoms. The van der Waals surface area contributed by atoms with Crippen LogP contribution in [0.15, 0.2) is 18.2 Å². The number of hydrogen-bond donors (Lipinski definition) is 0. The van der Waals surface area contributed by atoms with Crippen LogP contribution < -0.4 is 0 Å². The van der Waals surface area contributed by atoms with Crippen LogP contribution in [0.3, 0.4) is 0 Å². The highest BCUT2D eigenvalue weighted by Gasteiger charge is 2.30. The zero-order chi connectivity index (χ0) is 15.0. The van der Waals surface area contributed by atoms with Crippen LogP contribution in [0.4, 0.5) is 4.39 Å². The Morgan fingerprint density at radius 1 is 1.43 bits per heavy atom. The standard InChI is InChI=1S/C16H20ClFN2O/c1-11(17)15-19-14-12(18)4-3-5-13(14)20(15)10-16(2)6-8-21-9-7-16/h3-5,11H,6-10H2,1-2H3. The monoisotopic (exact) mass is 310 g/mol. The van der Waals surface area contributed by atoms with Gasteiger partial charge in [0.2, 0.25) is 0 Å². The lowest BCUT2D eigenvalue weighted by Gasteiger charge is -2.34. The molecule has 3 rings (SSSR count). The number of aromatic nitrogens is 2. The van der Waals surface area contributed by atoms with Gasteiger partial charge in [-0.25, -0.2) is 9.37 Å². The lowest BCUT2D eigenvalue weighted by atomic mass is 9.82. The second-order valence-corrected chi connectivity index (χ2v) is 6.86. The maximum Gasteiger partial charge on any atom is 0.151 e. The van der Waals surface area contributed by atoms with Gasteiger partial charge in [0, 0.05) is 19.8 Å². The van der Waals surface area contributed by atoms with Crippen LogP contribution in [0.1, 0.15) is 37.9 Å². The molecule has 0 saturated carbocycles. The second-order valence-electron chi connectivity index (χ2n) is 6.20. The highest BCUT2D eigenvalue weighted by Crippen LogP contribution is 2.35. The van der Waals surface area contributed by atoms with Gasteiger partial charge in [-0.1, -0.05) is 13.0 Å². The van der Waals surface area contributed by atoms with Crippen molar-refractivity contribution < 1.29 is 9.13 Å². The van der Waals surface area contributed by atoms with E-state index < -0.39 is 0 Å². The number of para-hydroxylation sites is 1. The molecular weight excluding hydrogens is 291 g/mol. The summed E-state index contributed by atoms with van der Waals surface area (Å²) < 4.78 is 21.5. The van der Waals surface area contributed by atoms with Gasteiger partial charge in [0.05, 0.1) is 10.9 Å². The molecular formula is C16H20ClFN2O. The van der Waals surface area contributed by atoms with Crippen LogP contribution in [0.25, 0.3) is 11.0 Å². The average Bonchev–Trinajstić information content (AvgIpc) is 2.80. The van der Waals surface area contributed by atoms with Gasteiger partial charge in [-0.15, -0.1) is 11.6 Å². The number of benzene rings is 1. The molecule has 1 unspecified atom stereocenters. The van der Waals surface area contributed by atoms with Gasteiger partial charge in [-0.05, 0) is 37.3 Å². The number of nitrogens with zero attached hydrogens (tertiary/aromatic N) is 2. The fraction of sp³-hybridized carbons (Fsp3) is 0.562. The van der Waals surface area contributed by atoms with Crippen molar-refractivity contribution in [2.75, 3.05) is 13.2 Å². The zero-order valence-electron chi connectivity index (χ0n) is 12.4. The minimum Gasteiger partial charge on any atom is -0.381 e. The van der Waals surface area contributed by atoms with Gasteiger partial charge in [-0.2, -0.15) is 0 Å². The molecule has 0 N–H and O–H groups in total. The Hall–Kier alpha value is -1.13. The Morgan fingerprint density at radius 3 is 2.81 bits per heavy atom. The van der Waals surface area contributed by atoms with Crippen molar-refractivity contribution >= 4 is 22.6 Å². The Bertz CT molecular complexity index is 647. The number of ether oxygens (including phenoxy) is 1. The first kappa shape index (κ1) is 14.8. The second kappa shape index (κ2) is 5.58. The molecule has 1 fully saturated rings. The molecule has 2 heterocycles. The van der Waals surface area contributed by atoms with Crippen LogP contribution in [0.2, 0.25) is 0 Å². The molecule has 1 aromatic heterocycles. The van der Waals surface area contributed by atoms with Gasteiger partial charge >= 0.3 is 0 Å². The van der Waals surface area contributed by atoms with Gasteiger partial charge in [0.15, 0.2) is 5.82 Å². The van der Waals surface area contributed by atoms with Crippen molar-refractivity contribution in [2.45, 2.75) is 38.6 Å². The molecule has 21 heavy (non-hydrogen) atoms. The Labute approximate surface area is 129 Å². The van der Waals surface area contributed by atoms with Gasteiger partial charge in [0.1, 0.15) is 11.3 Å². The largest absolute Gasteiger partial charge is 0.381 e. The van der Waals surface area contributed by atoms with Crippen LogP contribution in [-0.2, 0) is 11.3 Å². The SMILES string of the molecule is CC(Cl)c1nc2c(F)cccc2n1CC1(C)CCOCC1. The summed E-state index contributed by atoms with van der Waals surface area (Å²) in [6.07, 6.45) is 2.00. The first-order valence-corrected chi connectivity index (χ1v) is 7.80. The van der Waals surface area contributed by atoms with E-state index in [9.17, 15) is 4.39 Å². The summed E-state index contributed by atoms with van der Waals surface area (Å²) in [6, 6.07) is 5.08. The molecule has 0 radical (unpaired) electrons. The molecule has 0 amide bonds. The Morgan fingerprint density at radius 2 is 2.14 bits per heavy atom. The minimum absolute atomic E-state index is 0.138.